The van der Waals surface area contributed by atoms with Crippen LogP contribution in [0.15, 0.2) is 0 Å². The first-order chi connectivity index (χ1) is 8.58. The molecule has 0 radical (unpaired) electrons. The van der Waals surface area contributed by atoms with E-state index in [1.807, 2.05) is 0 Å². The third kappa shape index (κ3) is 1.77. The van der Waals surface area contributed by atoms with Crippen molar-refractivity contribution >= 4 is 23.0 Å². The fourth-order valence-corrected chi connectivity index (χ4v) is 1.51. The van der Waals surface area contributed by atoms with Gasteiger partial charge in [-0.25, -0.2) is 14.6 Å². The Balaban J connectivity index is 2.73. The van der Waals surface area contributed by atoms with Crippen molar-refractivity contribution in [3.05, 3.63) is 17.2 Å². The Morgan fingerprint density at radius 3 is 2.22 bits per heavy atom. The van der Waals surface area contributed by atoms with Crippen LogP contribution in [0.25, 0.3) is 11.0 Å². The maximum Gasteiger partial charge on any atom is 0.360 e. The fraction of sp³-hybridized carbons (Fsp3) is 0.300. The zero-order valence-electron chi connectivity index (χ0n) is 9.97. The van der Waals surface area contributed by atoms with Gasteiger partial charge in [-0.05, 0) is 6.92 Å². The van der Waals surface area contributed by atoms with Gasteiger partial charge in [-0.15, -0.1) is 10.2 Å². The van der Waals surface area contributed by atoms with Crippen LogP contribution in [-0.4, -0.2) is 46.3 Å². The number of imidazole rings is 1. The van der Waals surface area contributed by atoms with Crippen LogP contribution in [-0.2, 0) is 9.47 Å². The molecule has 0 aromatic carbocycles. The summed E-state index contributed by atoms with van der Waals surface area (Å²) in [6.45, 7) is 1.68. The molecule has 0 spiro atoms. The van der Waals surface area contributed by atoms with E-state index in [1.165, 1.54) is 14.2 Å². The highest BCUT2D eigenvalue weighted by molar-refractivity contribution is 6.06. The smallest absolute Gasteiger partial charge is 0.360 e. The molecule has 0 saturated heterocycles. The SMILES string of the molecule is COC(=O)c1nnc(C(=O)OC)c2[nH]c(C)nc12. The average molecular weight is 250 g/mol. The van der Waals surface area contributed by atoms with Gasteiger partial charge >= 0.3 is 11.9 Å². The maximum atomic E-state index is 11.5. The van der Waals surface area contributed by atoms with Gasteiger partial charge < -0.3 is 14.5 Å². The summed E-state index contributed by atoms with van der Waals surface area (Å²) in [6, 6.07) is 0. The number of hydrogen-bond acceptors (Lipinski definition) is 7. The topological polar surface area (TPSA) is 107 Å². The zero-order valence-corrected chi connectivity index (χ0v) is 9.97. The first kappa shape index (κ1) is 12.0. The number of fused-ring (bicyclic) bond motifs is 1. The number of aromatic amines is 1. The summed E-state index contributed by atoms with van der Waals surface area (Å²) in [5, 5.41) is 7.32. The van der Waals surface area contributed by atoms with E-state index in [2.05, 4.69) is 29.6 Å². The molecule has 2 aromatic heterocycles. The van der Waals surface area contributed by atoms with Gasteiger partial charge in [0.2, 0.25) is 0 Å². The second-order valence-electron chi connectivity index (χ2n) is 3.43. The molecule has 2 aromatic rings. The van der Waals surface area contributed by atoms with Gasteiger partial charge in [-0.1, -0.05) is 0 Å². The van der Waals surface area contributed by atoms with Gasteiger partial charge in [0.05, 0.1) is 14.2 Å². The van der Waals surface area contributed by atoms with E-state index in [4.69, 9.17) is 0 Å². The van der Waals surface area contributed by atoms with E-state index in [0.717, 1.165) is 0 Å². The molecule has 1 N–H and O–H groups in total. The quantitative estimate of drug-likeness (QED) is 0.760. The second-order valence-corrected chi connectivity index (χ2v) is 3.43. The van der Waals surface area contributed by atoms with Crippen molar-refractivity contribution in [2.24, 2.45) is 0 Å². The standard InChI is InChI=1S/C10H10N4O4/c1-4-11-5-6(12-4)8(10(16)18-3)14-13-7(5)9(15)17-2/h1-3H3,(H,11,12). The predicted octanol–water partition coefficient (Wildman–Crippen LogP) is 0.235. The number of hydrogen-bond donors (Lipinski definition) is 1. The lowest BCUT2D eigenvalue weighted by Crippen LogP contribution is -2.12. The summed E-state index contributed by atoms with van der Waals surface area (Å²) in [5.41, 5.74) is 0.453. The Labute approximate surface area is 101 Å². The Hall–Kier alpha value is -2.51. The summed E-state index contributed by atoms with van der Waals surface area (Å²) in [6.07, 6.45) is 0. The Morgan fingerprint density at radius 2 is 1.61 bits per heavy atom. The molecule has 0 atom stereocenters. The fourth-order valence-electron chi connectivity index (χ4n) is 1.51. The minimum absolute atomic E-state index is 0.0271. The first-order valence-electron chi connectivity index (χ1n) is 4.98. The number of carbonyl (C=O) groups excluding carboxylic acids is 2. The zero-order chi connectivity index (χ0) is 13.3. The lowest BCUT2D eigenvalue weighted by atomic mass is 10.2. The molecular formula is C10H10N4O4. The summed E-state index contributed by atoms with van der Waals surface area (Å²) in [5.74, 6) is -0.807. The molecular weight excluding hydrogens is 240 g/mol. The van der Waals surface area contributed by atoms with E-state index in [-0.39, 0.29) is 16.9 Å². The number of rotatable bonds is 2. The van der Waals surface area contributed by atoms with Crippen molar-refractivity contribution in [1.29, 1.82) is 0 Å². The van der Waals surface area contributed by atoms with E-state index >= 15 is 0 Å². The van der Waals surface area contributed by atoms with E-state index in [9.17, 15) is 9.59 Å². The minimum Gasteiger partial charge on any atom is -0.464 e. The molecule has 18 heavy (non-hydrogen) atoms. The summed E-state index contributed by atoms with van der Waals surface area (Å²) >= 11 is 0. The molecule has 0 amide bonds. The number of nitrogens with one attached hydrogen (secondary N) is 1. The van der Waals surface area contributed by atoms with Crippen molar-refractivity contribution in [1.82, 2.24) is 20.2 Å². The number of carbonyl (C=O) groups is 2. The van der Waals surface area contributed by atoms with Crippen LogP contribution in [0.5, 0.6) is 0 Å². The number of esters is 2. The van der Waals surface area contributed by atoms with Gasteiger partial charge in [0.15, 0.2) is 11.4 Å². The lowest BCUT2D eigenvalue weighted by molar-refractivity contribution is 0.0577. The van der Waals surface area contributed by atoms with Crippen LogP contribution < -0.4 is 0 Å². The van der Waals surface area contributed by atoms with Crippen molar-refractivity contribution < 1.29 is 19.1 Å². The van der Waals surface area contributed by atoms with E-state index < -0.39 is 11.9 Å². The minimum atomic E-state index is -0.671. The van der Waals surface area contributed by atoms with E-state index in [1.54, 1.807) is 6.92 Å². The maximum absolute atomic E-state index is 11.5. The molecule has 0 aliphatic carbocycles. The lowest BCUT2D eigenvalue weighted by Gasteiger charge is -2.01. The summed E-state index contributed by atoms with van der Waals surface area (Å²) < 4.78 is 9.14. The van der Waals surface area contributed by atoms with Crippen LogP contribution in [0.3, 0.4) is 0 Å². The number of aromatic nitrogens is 4. The van der Waals surface area contributed by atoms with Crippen LogP contribution in [0.4, 0.5) is 0 Å². The third-order valence-electron chi connectivity index (χ3n) is 2.29. The Bertz CT molecular complexity index is 581. The molecule has 0 aliphatic rings. The highest BCUT2D eigenvalue weighted by Gasteiger charge is 2.23. The van der Waals surface area contributed by atoms with Gasteiger partial charge in [-0.3, -0.25) is 0 Å². The summed E-state index contributed by atoms with van der Waals surface area (Å²) in [7, 11) is 2.46. The van der Waals surface area contributed by atoms with Crippen LogP contribution >= 0.6 is 0 Å². The number of H-pyrrole nitrogens is 1. The molecule has 2 rings (SSSR count). The summed E-state index contributed by atoms with van der Waals surface area (Å²) in [4.78, 5) is 29.9. The molecule has 8 heteroatoms. The largest absolute Gasteiger partial charge is 0.464 e. The molecule has 0 fully saturated rings. The van der Waals surface area contributed by atoms with Crippen LogP contribution in [0.2, 0.25) is 0 Å². The first-order valence-corrected chi connectivity index (χ1v) is 4.98. The highest BCUT2D eigenvalue weighted by atomic mass is 16.5. The Morgan fingerprint density at radius 1 is 1.06 bits per heavy atom. The highest BCUT2D eigenvalue weighted by Crippen LogP contribution is 2.18. The number of ether oxygens (including phenoxy) is 2. The average Bonchev–Trinajstić information content (AvgIpc) is 2.76. The van der Waals surface area contributed by atoms with Gasteiger partial charge in [0, 0.05) is 0 Å². The molecule has 2 heterocycles. The Kier molecular flexibility index (Phi) is 2.92. The molecule has 8 nitrogen and oxygen atoms in total. The normalized spacial score (nSPS) is 10.4. The third-order valence-corrected chi connectivity index (χ3v) is 2.29. The van der Waals surface area contributed by atoms with Gasteiger partial charge in [0.1, 0.15) is 16.9 Å². The van der Waals surface area contributed by atoms with Gasteiger partial charge in [0.25, 0.3) is 0 Å². The molecule has 0 unspecified atom stereocenters. The number of methoxy groups -OCH3 is 2. The van der Waals surface area contributed by atoms with Crippen molar-refractivity contribution in [2.45, 2.75) is 6.92 Å². The second kappa shape index (κ2) is 4.40. The predicted molar refractivity (Wildman–Crippen MR) is 59.1 cm³/mol. The number of aryl methyl sites for hydroxylation is 1. The van der Waals surface area contributed by atoms with Gasteiger partial charge in [-0.2, -0.15) is 0 Å². The van der Waals surface area contributed by atoms with Crippen LogP contribution in [0, 0.1) is 6.92 Å². The monoisotopic (exact) mass is 250 g/mol. The van der Waals surface area contributed by atoms with Crippen LogP contribution in [0.1, 0.15) is 26.8 Å². The number of nitrogens with zero attached hydrogens (tertiary/aromatic N) is 3. The van der Waals surface area contributed by atoms with Crippen molar-refractivity contribution in [3.8, 4) is 0 Å². The molecule has 0 saturated carbocycles. The van der Waals surface area contributed by atoms with Crippen molar-refractivity contribution in [3.63, 3.8) is 0 Å². The van der Waals surface area contributed by atoms with E-state index in [0.29, 0.717) is 11.3 Å². The molecule has 0 aliphatic heterocycles. The molecule has 94 valence electrons. The van der Waals surface area contributed by atoms with Crippen molar-refractivity contribution in [2.75, 3.05) is 14.2 Å². The molecule has 0 bridgehead atoms.